The van der Waals surface area contributed by atoms with Gasteiger partial charge in [0, 0.05) is 24.3 Å². The molecule has 0 unspecified atom stereocenters. The fourth-order valence-corrected chi connectivity index (χ4v) is 3.16. The predicted molar refractivity (Wildman–Crippen MR) is 87.1 cm³/mol. The van der Waals surface area contributed by atoms with Crippen LogP contribution >= 0.6 is 0 Å². The number of benzene rings is 2. The highest BCUT2D eigenvalue weighted by Gasteiger charge is 2.56. The topological polar surface area (TPSA) is 34.1 Å². The van der Waals surface area contributed by atoms with Crippen LogP contribution in [0.4, 0.5) is 0 Å². The zero-order valence-corrected chi connectivity index (χ0v) is 12.3. The van der Waals surface area contributed by atoms with Gasteiger partial charge in [0.05, 0.1) is 11.1 Å². The Bertz CT molecular complexity index is 814. The first kappa shape index (κ1) is 13.6. The van der Waals surface area contributed by atoms with Crippen LogP contribution in [-0.2, 0) is 0 Å². The number of hydrogen-bond donors (Lipinski definition) is 0. The van der Waals surface area contributed by atoms with Crippen molar-refractivity contribution in [2.24, 2.45) is 0 Å². The number of hydrogen-bond acceptors (Lipinski definition) is 2. The van der Waals surface area contributed by atoms with E-state index in [1.807, 2.05) is 60.7 Å². The average molecular weight is 300 g/mol. The van der Waals surface area contributed by atoms with E-state index in [2.05, 4.69) is 0 Å². The van der Waals surface area contributed by atoms with Gasteiger partial charge in [0.25, 0.3) is 0 Å². The van der Waals surface area contributed by atoms with Crippen molar-refractivity contribution in [1.29, 1.82) is 0 Å². The monoisotopic (exact) mass is 300 g/mol. The second-order valence-corrected chi connectivity index (χ2v) is 5.53. The predicted octanol–water partition coefficient (Wildman–Crippen LogP) is 3.84. The third kappa shape index (κ3) is 1.81. The van der Waals surface area contributed by atoms with Gasteiger partial charge >= 0.3 is 11.8 Å². The van der Waals surface area contributed by atoms with E-state index in [1.165, 1.54) is 0 Å². The maximum atomic E-state index is 13.3. The first-order valence-electron chi connectivity index (χ1n) is 7.45. The minimum atomic E-state index is -0.381. The fraction of sp³-hybridized carbons (Fsp3) is 0. The minimum absolute atomic E-state index is 0.223. The molecular weight excluding hydrogens is 286 g/mol. The Morgan fingerprint density at radius 2 is 1.00 bits per heavy atom. The van der Waals surface area contributed by atoms with Crippen molar-refractivity contribution in [1.82, 2.24) is 0 Å². The Kier molecular flexibility index (Phi) is 2.96. The molecule has 0 aromatic heterocycles. The minimum Gasteiger partial charge on any atom is -0.224 e. The number of fused-ring (bicyclic) bond motifs is 2. The quantitative estimate of drug-likeness (QED) is 0.624. The summed E-state index contributed by atoms with van der Waals surface area (Å²) in [5.41, 5.74) is 2.45. The van der Waals surface area contributed by atoms with Crippen molar-refractivity contribution >= 4 is 11.8 Å². The van der Waals surface area contributed by atoms with Crippen molar-refractivity contribution < 1.29 is 14.1 Å². The van der Waals surface area contributed by atoms with Gasteiger partial charge in [0.1, 0.15) is 0 Å². The summed E-state index contributed by atoms with van der Waals surface area (Å²) in [6.45, 7) is 0. The first-order chi connectivity index (χ1) is 11.2. The smallest absolute Gasteiger partial charge is 0.224 e. The molecule has 2 amide bonds. The fourth-order valence-electron chi connectivity index (χ4n) is 3.16. The summed E-state index contributed by atoms with van der Waals surface area (Å²) in [7, 11) is 0. The number of nitrogens with zero attached hydrogens (tertiary/aromatic N) is 1. The van der Waals surface area contributed by atoms with E-state index in [1.54, 1.807) is 24.3 Å². The Labute approximate surface area is 134 Å². The normalized spacial score (nSPS) is 16.9. The summed E-state index contributed by atoms with van der Waals surface area (Å²) >= 11 is 0. The van der Waals surface area contributed by atoms with E-state index < -0.39 is 0 Å². The highest BCUT2D eigenvalue weighted by Crippen LogP contribution is 2.42. The van der Waals surface area contributed by atoms with E-state index in [-0.39, 0.29) is 16.3 Å². The lowest BCUT2D eigenvalue weighted by Crippen LogP contribution is -2.51. The molecule has 3 nitrogen and oxygen atoms in total. The van der Waals surface area contributed by atoms with Crippen molar-refractivity contribution in [3.05, 3.63) is 107 Å². The molecule has 23 heavy (non-hydrogen) atoms. The number of carbonyl (C=O) groups excluding carboxylic acids is 2. The lowest BCUT2D eigenvalue weighted by Gasteiger charge is -2.28. The van der Waals surface area contributed by atoms with Gasteiger partial charge in [-0.1, -0.05) is 36.4 Å². The number of rotatable bonds is 2. The molecule has 2 bridgehead atoms. The van der Waals surface area contributed by atoms with E-state index in [4.69, 9.17) is 0 Å². The van der Waals surface area contributed by atoms with Crippen molar-refractivity contribution in [3.8, 4) is 0 Å². The Morgan fingerprint density at radius 3 is 1.35 bits per heavy atom. The van der Waals surface area contributed by atoms with Gasteiger partial charge in [-0.3, -0.25) is 0 Å². The van der Waals surface area contributed by atoms with Crippen LogP contribution in [0.2, 0.25) is 0 Å². The summed E-state index contributed by atoms with van der Waals surface area (Å²) < 4.78 is -0.381. The number of carbonyl (C=O) groups is 2. The van der Waals surface area contributed by atoms with Crippen LogP contribution < -0.4 is 0 Å². The molecule has 3 heteroatoms. The summed E-state index contributed by atoms with van der Waals surface area (Å²) in [6, 6.07) is 18.0. The lowest BCUT2D eigenvalue weighted by molar-refractivity contribution is -0.666. The second kappa shape index (κ2) is 5.00. The Balaban J connectivity index is 1.89. The van der Waals surface area contributed by atoms with Gasteiger partial charge in [-0.2, -0.15) is 0 Å². The van der Waals surface area contributed by atoms with Crippen molar-refractivity contribution in [2.45, 2.75) is 0 Å². The molecule has 2 heterocycles. The molecule has 110 valence electrons. The lowest BCUT2D eigenvalue weighted by atomic mass is 10.1. The molecule has 0 fully saturated rings. The van der Waals surface area contributed by atoms with Gasteiger partial charge in [-0.05, 0) is 24.3 Å². The third-order valence-electron chi connectivity index (χ3n) is 4.28. The molecular formula is C20H14NO2+. The van der Waals surface area contributed by atoms with Gasteiger partial charge in [-0.15, -0.1) is 4.48 Å². The molecule has 0 saturated carbocycles. The Morgan fingerprint density at radius 1 is 0.609 bits per heavy atom. The van der Waals surface area contributed by atoms with Crippen LogP contribution in [-0.4, -0.2) is 16.3 Å². The second-order valence-electron chi connectivity index (χ2n) is 5.53. The highest BCUT2D eigenvalue weighted by atomic mass is 16.2. The van der Waals surface area contributed by atoms with Crippen molar-refractivity contribution in [3.63, 3.8) is 0 Å². The van der Waals surface area contributed by atoms with Crippen LogP contribution in [0.15, 0.2) is 96.4 Å². The number of amides is 2. The Hall–Kier alpha value is -3.04. The van der Waals surface area contributed by atoms with E-state index in [9.17, 15) is 9.59 Å². The van der Waals surface area contributed by atoms with E-state index in [0.29, 0.717) is 22.5 Å². The molecule has 0 atom stereocenters. The number of imide groups is 1. The first-order valence-corrected chi connectivity index (χ1v) is 7.45. The van der Waals surface area contributed by atoms with Crippen LogP contribution in [0.3, 0.4) is 0 Å². The van der Waals surface area contributed by atoms with Crippen LogP contribution in [0, 0.1) is 0 Å². The SMILES string of the molecule is O=C(c1ccccc1)[N+]1(C(=O)c2ccccc2)C2=CC=C1C=C2. The van der Waals surface area contributed by atoms with Gasteiger partial charge < -0.3 is 0 Å². The molecule has 2 aromatic rings. The molecule has 0 N–H and O–H groups in total. The summed E-state index contributed by atoms with van der Waals surface area (Å²) in [5, 5.41) is 0. The molecule has 2 aromatic carbocycles. The number of quaternary nitrogens is 1. The van der Waals surface area contributed by atoms with Gasteiger partial charge in [0.15, 0.2) is 11.4 Å². The molecule has 0 aliphatic carbocycles. The molecule has 0 saturated heterocycles. The molecule has 2 aliphatic heterocycles. The number of allylic oxidation sites excluding steroid dienone is 4. The van der Waals surface area contributed by atoms with Crippen molar-refractivity contribution in [2.75, 3.05) is 0 Å². The van der Waals surface area contributed by atoms with Crippen LogP contribution in [0.25, 0.3) is 0 Å². The summed E-state index contributed by atoms with van der Waals surface area (Å²) in [4.78, 5) is 26.5. The zero-order valence-electron chi connectivity index (χ0n) is 12.3. The highest BCUT2D eigenvalue weighted by molar-refractivity contribution is 6.05. The molecule has 4 rings (SSSR count). The summed E-state index contributed by atoms with van der Waals surface area (Å²) in [5.74, 6) is -0.445. The van der Waals surface area contributed by atoms with Crippen LogP contribution in [0.1, 0.15) is 20.7 Å². The molecule has 0 spiro atoms. The molecule has 0 radical (unpaired) electrons. The third-order valence-corrected chi connectivity index (χ3v) is 4.28. The van der Waals surface area contributed by atoms with Gasteiger partial charge in [-0.25, -0.2) is 9.59 Å². The van der Waals surface area contributed by atoms with E-state index in [0.717, 1.165) is 0 Å². The largest absolute Gasteiger partial charge is 0.363 e. The maximum absolute atomic E-state index is 13.3. The van der Waals surface area contributed by atoms with E-state index >= 15 is 0 Å². The summed E-state index contributed by atoms with van der Waals surface area (Å²) in [6.07, 6.45) is 7.38. The average Bonchev–Trinajstić information content (AvgIpc) is 3.18. The molecule has 2 aliphatic rings. The maximum Gasteiger partial charge on any atom is 0.363 e. The standard InChI is InChI=1S/C20H14NO2/c22-19(15-7-3-1-4-8-15)21(17-11-12-18(21)14-13-17)20(23)16-9-5-2-6-10-16/h1-14H/q+1. The van der Waals surface area contributed by atoms with Gasteiger partial charge in [0.2, 0.25) is 0 Å². The van der Waals surface area contributed by atoms with Crippen LogP contribution in [0.5, 0.6) is 0 Å². The zero-order chi connectivity index (χ0) is 15.9.